The fourth-order valence-corrected chi connectivity index (χ4v) is 2.96. The van der Waals surface area contributed by atoms with E-state index in [4.69, 9.17) is 0 Å². The van der Waals surface area contributed by atoms with Gasteiger partial charge in [0.05, 0.1) is 17.9 Å². The van der Waals surface area contributed by atoms with Crippen LogP contribution in [0.4, 0.5) is 16.2 Å². The van der Waals surface area contributed by atoms with E-state index in [0.29, 0.717) is 25.3 Å². The zero-order valence-electron chi connectivity index (χ0n) is 14.3. The lowest BCUT2D eigenvalue weighted by Crippen LogP contribution is -2.50. The molecule has 9 nitrogen and oxygen atoms in total. The summed E-state index contributed by atoms with van der Waals surface area (Å²) >= 11 is 0. The first-order chi connectivity index (χ1) is 12.5. The predicted molar refractivity (Wildman–Crippen MR) is 94.6 cm³/mol. The number of anilines is 2. The van der Waals surface area contributed by atoms with Crippen LogP contribution in [0.1, 0.15) is 12.8 Å². The van der Waals surface area contributed by atoms with Crippen LogP contribution in [0.25, 0.3) is 0 Å². The number of para-hydroxylation sites is 2. The molecule has 3 rings (SSSR count). The number of amides is 5. The number of hydrogen-bond donors (Lipinski definition) is 3. The highest BCUT2D eigenvalue weighted by molar-refractivity contribution is 5.98. The average Bonchev–Trinajstić information content (AvgIpc) is 2.61. The first kappa shape index (κ1) is 17.7. The summed E-state index contributed by atoms with van der Waals surface area (Å²) in [4.78, 5) is 50.1. The number of nitrogens with one attached hydrogen (secondary N) is 3. The van der Waals surface area contributed by atoms with Crippen LogP contribution in [0, 0.1) is 0 Å². The number of carbonyl (C=O) groups is 4. The van der Waals surface area contributed by atoms with E-state index in [2.05, 4.69) is 16.0 Å². The monoisotopic (exact) mass is 359 g/mol. The summed E-state index contributed by atoms with van der Waals surface area (Å²) in [6.07, 6.45) is 0.365. The van der Waals surface area contributed by atoms with Crippen LogP contribution < -0.4 is 20.9 Å². The molecule has 138 valence electrons. The van der Waals surface area contributed by atoms with Gasteiger partial charge in [0.1, 0.15) is 0 Å². The highest BCUT2D eigenvalue weighted by atomic mass is 16.2. The minimum atomic E-state index is -0.464. The minimum Gasteiger partial charge on any atom is -0.359 e. The van der Waals surface area contributed by atoms with Gasteiger partial charge in [0.15, 0.2) is 0 Å². The molecule has 9 heteroatoms. The second-order valence-electron chi connectivity index (χ2n) is 6.18. The molecule has 0 spiro atoms. The van der Waals surface area contributed by atoms with E-state index in [-0.39, 0.29) is 43.7 Å². The zero-order valence-corrected chi connectivity index (χ0v) is 14.3. The molecule has 2 heterocycles. The van der Waals surface area contributed by atoms with Crippen LogP contribution in [0.3, 0.4) is 0 Å². The van der Waals surface area contributed by atoms with Crippen molar-refractivity contribution in [2.45, 2.75) is 12.8 Å². The second kappa shape index (κ2) is 7.85. The molecule has 0 radical (unpaired) electrons. The number of urea groups is 1. The number of hydrogen-bond acceptors (Lipinski definition) is 5. The van der Waals surface area contributed by atoms with E-state index in [1.165, 1.54) is 4.90 Å². The van der Waals surface area contributed by atoms with Crippen molar-refractivity contribution in [2.24, 2.45) is 0 Å². The van der Waals surface area contributed by atoms with Crippen LogP contribution in [-0.2, 0) is 14.4 Å². The molecular weight excluding hydrogens is 338 g/mol. The largest absolute Gasteiger partial charge is 0.359 e. The molecule has 2 aliphatic heterocycles. The average molecular weight is 359 g/mol. The normalized spacial score (nSPS) is 17.6. The Hall–Kier alpha value is -3.10. The predicted octanol–water partition coefficient (Wildman–Crippen LogP) is -0.107. The van der Waals surface area contributed by atoms with E-state index >= 15 is 0 Å². The quantitative estimate of drug-likeness (QED) is 0.680. The van der Waals surface area contributed by atoms with Gasteiger partial charge in [0, 0.05) is 39.0 Å². The van der Waals surface area contributed by atoms with Gasteiger partial charge in [-0.25, -0.2) is 4.79 Å². The van der Waals surface area contributed by atoms with E-state index in [9.17, 15) is 19.2 Å². The number of piperazine rings is 1. The third-order valence-corrected chi connectivity index (χ3v) is 4.31. The number of imide groups is 1. The topological polar surface area (TPSA) is 111 Å². The highest BCUT2D eigenvalue weighted by Crippen LogP contribution is 2.26. The van der Waals surface area contributed by atoms with Gasteiger partial charge in [-0.15, -0.1) is 0 Å². The van der Waals surface area contributed by atoms with Crippen molar-refractivity contribution < 1.29 is 19.2 Å². The van der Waals surface area contributed by atoms with Crippen LogP contribution >= 0.6 is 0 Å². The first-order valence-corrected chi connectivity index (χ1v) is 8.52. The number of rotatable bonds is 5. The Labute approximate surface area is 150 Å². The Balaban J connectivity index is 1.58. The summed E-state index contributed by atoms with van der Waals surface area (Å²) in [5, 5.41) is 7.85. The lowest BCUT2D eigenvalue weighted by Gasteiger charge is -2.30. The maximum atomic E-state index is 12.3. The molecule has 1 aromatic carbocycles. The minimum absolute atomic E-state index is 0.0527. The van der Waals surface area contributed by atoms with Crippen molar-refractivity contribution >= 4 is 35.1 Å². The van der Waals surface area contributed by atoms with Crippen LogP contribution in [-0.4, -0.2) is 61.4 Å². The third kappa shape index (κ3) is 4.29. The van der Waals surface area contributed by atoms with Crippen molar-refractivity contribution in [3.63, 3.8) is 0 Å². The molecule has 0 unspecified atom stereocenters. The Kier molecular flexibility index (Phi) is 5.35. The van der Waals surface area contributed by atoms with E-state index in [1.807, 2.05) is 23.1 Å². The third-order valence-electron chi connectivity index (χ3n) is 4.31. The van der Waals surface area contributed by atoms with Gasteiger partial charge in [0.2, 0.25) is 17.7 Å². The summed E-state index contributed by atoms with van der Waals surface area (Å²) in [6, 6.07) is 6.84. The molecule has 5 amide bonds. The Bertz CT molecular complexity index is 736. The van der Waals surface area contributed by atoms with E-state index in [1.54, 1.807) is 6.07 Å². The number of carbonyl (C=O) groups excluding carboxylic acids is 4. The smallest absolute Gasteiger partial charge is 0.324 e. The van der Waals surface area contributed by atoms with Crippen molar-refractivity contribution in [1.29, 1.82) is 0 Å². The fourth-order valence-electron chi connectivity index (χ4n) is 2.96. The molecule has 2 saturated heterocycles. The Morgan fingerprint density at radius 1 is 1.12 bits per heavy atom. The van der Waals surface area contributed by atoms with Crippen molar-refractivity contribution in [1.82, 2.24) is 15.5 Å². The maximum Gasteiger partial charge on any atom is 0.324 e. The van der Waals surface area contributed by atoms with Gasteiger partial charge >= 0.3 is 6.03 Å². The molecule has 0 saturated carbocycles. The standard InChI is InChI=1S/C17H21N5O4/c23-14(5-8-21-9-6-15(24)20-17(21)26)19-12-3-1-2-4-13(12)22-10-7-18-16(25)11-22/h1-4H,5-11H2,(H,18,25)(H,19,23)(H,20,24,26). The second-order valence-corrected chi connectivity index (χ2v) is 6.18. The van der Waals surface area contributed by atoms with E-state index in [0.717, 1.165) is 5.69 Å². The lowest BCUT2D eigenvalue weighted by atomic mass is 10.2. The van der Waals surface area contributed by atoms with Crippen molar-refractivity contribution in [3.8, 4) is 0 Å². The Morgan fingerprint density at radius 2 is 1.92 bits per heavy atom. The van der Waals surface area contributed by atoms with Gasteiger partial charge in [-0.1, -0.05) is 12.1 Å². The van der Waals surface area contributed by atoms with Gasteiger partial charge in [-0.05, 0) is 12.1 Å². The van der Waals surface area contributed by atoms with Gasteiger partial charge in [-0.3, -0.25) is 19.7 Å². The molecule has 0 atom stereocenters. The summed E-state index contributed by atoms with van der Waals surface area (Å²) in [5.41, 5.74) is 1.42. The van der Waals surface area contributed by atoms with Gasteiger partial charge in [0.25, 0.3) is 0 Å². The number of benzene rings is 1. The summed E-state index contributed by atoms with van der Waals surface area (Å²) < 4.78 is 0. The lowest BCUT2D eigenvalue weighted by molar-refractivity contribution is -0.122. The van der Waals surface area contributed by atoms with Gasteiger partial charge in [-0.2, -0.15) is 0 Å². The molecule has 0 bridgehead atoms. The zero-order chi connectivity index (χ0) is 18.5. The summed E-state index contributed by atoms with van der Waals surface area (Å²) in [6.45, 7) is 2.02. The molecule has 26 heavy (non-hydrogen) atoms. The first-order valence-electron chi connectivity index (χ1n) is 8.52. The molecule has 0 aromatic heterocycles. The van der Waals surface area contributed by atoms with Crippen LogP contribution in [0.15, 0.2) is 24.3 Å². The number of nitrogens with zero attached hydrogens (tertiary/aromatic N) is 2. The summed E-state index contributed by atoms with van der Waals surface area (Å²) in [7, 11) is 0. The molecule has 1 aromatic rings. The molecular formula is C17H21N5O4. The molecule has 0 aliphatic carbocycles. The Morgan fingerprint density at radius 3 is 2.69 bits per heavy atom. The summed E-state index contributed by atoms with van der Waals surface area (Å²) in [5.74, 6) is -0.582. The van der Waals surface area contributed by atoms with Crippen LogP contribution in [0.2, 0.25) is 0 Å². The SMILES string of the molecule is O=C1CN(c2ccccc2NC(=O)CCN2CCC(=O)NC2=O)CCN1. The van der Waals surface area contributed by atoms with Gasteiger partial charge < -0.3 is 20.4 Å². The molecule has 2 fully saturated rings. The van der Waals surface area contributed by atoms with Crippen molar-refractivity contribution in [2.75, 3.05) is 42.9 Å². The maximum absolute atomic E-state index is 12.3. The molecule has 3 N–H and O–H groups in total. The highest BCUT2D eigenvalue weighted by Gasteiger charge is 2.23. The van der Waals surface area contributed by atoms with Crippen LogP contribution in [0.5, 0.6) is 0 Å². The van der Waals surface area contributed by atoms with E-state index < -0.39 is 6.03 Å². The molecule has 2 aliphatic rings. The fraction of sp³-hybridized carbons (Fsp3) is 0.412. The van der Waals surface area contributed by atoms with Crippen molar-refractivity contribution in [3.05, 3.63) is 24.3 Å².